The second kappa shape index (κ2) is 6.88. The third-order valence-electron chi connectivity index (χ3n) is 6.30. The van der Waals surface area contributed by atoms with Gasteiger partial charge in [0, 0.05) is 37.5 Å². The third kappa shape index (κ3) is 2.84. The van der Waals surface area contributed by atoms with E-state index in [0.717, 1.165) is 10.9 Å². The molecule has 2 nitrogen and oxygen atoms in total. The molecule has 0 atom stereocenters. The van der Waals surface area contributed by atoms with E-state index in [-0.39, 0.29) is 25.5 Å². The Kier molecular flexibility index (Phi) is 4.48. The molecule has 6 aromatic rings. The summed E-state index contributed by atoms with van der Waals surface area (Å²) < 4.78 is 2.38. The molecular formula is C28H23IrN2-. The van der Waals surface area contributed by atoms with Gasteiger partial charge in [-0.3, -0.25) is 0 Å². The van der Waals surface area contributed by atoms with Crippen LogP contribution >= 0.6 is 0 Å². The Morgan fingerprint density at radius 2 is 1.65 bits per heavy atom. The predicted molar refractivity (Wildman–Crippen MR) is 127 cm³/mol. The first-order valence-electron chi connectivity index (χ1n) is 10.5. The zero-order valence-electron chi connectivity index (χ0n) is 18.1. The number of hydrogen-bond acceptors (Lipinski definition) is 1. The van der Waals surface area contributed by atoms with Crippen LogP contribution in [0.1, 0.15) is 31.9 Å². The molecule has 1 radical (unpaired) electrons. The van der Waals surface area contributed by atoms with Crippen molar-refractivity contribution in [3.8, 4) is 5.69 Å². The van der Waals surface area contributed by atoms with Gasteiger partial charge in [-0.2, -0.15) is 0 Å². The fourth-order valence-corrected chi connectivity index (χ4v) is 4.80. The van der Waals surface area contributed by atoms with Gasteiger partial charge in [0.05, 0.1) is 5.52 Å². The zero-order valence-corrected chi connectivity index (χ0v) is 20.5. The van der Waals surface area contributed by atoms with Crippen molar-refractivity contribution in [2.24, 2.45) is 0 Å². The Morgan fingerprint density at radius 1 is 0.871 bits per heavy atom. The average molecular weight is 580 g/mol. The van der Waals surface area contributed by atoms with Gasteiger partial charge < -0.3 is 9.55 Å². The molecule has 31 heavy (non-hydrogen) atoms. The number of benzene rings is 4. The normalized spacial score (nSPS) is 12.3. The van der Waals surface area contributed by atoms with Crippen LogP contribution in [0, 0.1) is 13.0 Å². The Labute approximate surface area is 195 Å². The molecule has 2 aromatic heterocycles. The van der Waals surface area contributed by atoms with E-state index in [1.54, 1.807) is 0 Å². The van der Waals surface area contributed by atoms with Crippen LogP contribution in [0.5, 0.6) is 0 Å². The summed E-state index contributed by atoms with van der Waals surface area (Å²) in [5, 5.41) is 6.15. The van der Waals surface area contributed by atoms with E-state index in [9.17, 15) is 0 Å². The summed E-state index contributed by atoms with van der Waals surface area (Å²) in [5.41, 5.74) is 7.29. The second-order valence-corrected chi connectivity index (χ2v) is 9.35. The van der Waals surface area contributed by atoms with Crippen LogP contribution in [-0.4, -0.2) is 9.55 Å². The monoisotopic (exact) mass is 580 g/mol. The predicted octanol–water partition coefficient (Wildman–Crippen LogP) is 7.33. The number of fused-ring (bicyclic) bond motifs is 3. The number of aromatic nitrogens is 2. The first-order valence-corrected chi connectivity index (χ1v) is 10.5. The molecule has 0 aliphatic rings. The van der Waals surface area contributed by atoms with E-state index in [0.29, 0.717) is 0 Å². The van der Waals surface area contributed by atoms with E-state index in [1.807, 2.05) is 6.20 Å². The van der Waals surface area contributed by atoms with Gasteiger partial charge in [-0.1, -0.05) is 55.8 Å². The summed E-state index contributed by atoms with van der Waals surface area (Å²) in [4.78, 5) is 4.83. The molecule has 6 rings (SSSR count). The van der Waals surface area contributed by atoms with Gasteiger partial charge in [0.1, 0.15) is 0 Å². The van der Waals surface area contributed by atoms with Crippen molar-refractivity contribution in [2.75, 3.05) is 0 Å². The molecule has 155 valence electrons. The Balaban J connectivity index is 0.00000204. The van der Waals surface area contributed by atoms with Gasteiger partial charge in [-0.15, -0.1) is 29.1 Å². The number of nitrogens with zero attached hydrogens (tertiary/aromatic N) is 2. The number of hydrogen-bond donors (Lipinski definition) is 0. The van der Waals surface area contributed by atoms with Crippen LogP contribution in [0.25, 0.3) is 49.2 Å². The van der Waals surface area contributed by atoms with Crippen LogP contribution in [0.15, 0.2) is 66.9 Å². The fourth-order valence-electron chi connectivity index (χ4n) is 4.80. The number of pyridine rings is 1. The molecule has 2 heterocycles. The van der Waals surface area contributed by atoms with Gasteiger partial charge in [0.15, 0.2) is 0 Å². The Morgan fingerprint density at radius 3 is 2.42 bits per heavy atom. The minimum Gasteiger partial charge on any atom is -0.310 e. The van der Waals surface area contributed by atoms with Crippen molar-refractivity contribution >= 4 is 43.5 Å². The van der Waals surface area contributed by atoms with E-state index in [2.05, 4.69) is 99.0 Å². The van der Waals surface area contributed by atoms with Crippen LogP contribution in [-0.2, 0) is 25.5 Å². The largest absolute Gasteiger partial charge is 0.310 e. The molecule has 0 bridgehead atoms. The van der Waals surface area contributed by atoms with Gasteiger partial charge in [0.2, 0.25) is 0 Å². The molecule has 3 heteroatoms. The van der Waals surface area contributed by atoms with Crippen molar-refractivity contribution in [1.82, 2.24) is 9.55 Å². The molecule has 4 aromatic carbocycles. The molecular weight excluding hydrogens is 557 g/mol. The van der Waals surface area contributed by atoms with E-state index in [1.165, 1.54) is 49.4 Å². The molecule has 0 aliphatic carbocycles. The van der Waals surface area contributed by atoms with Crippen molar-refractivity contribution in [1.29, 1.82) is 0 Å². The summed E-state index contributed by atoms with van der Waals surface area (Å²) in [6.45, 7) is 8.91. The molecule has 0 aliphatic heterocycles. The van der Waals surface area contributed by atoms with Crippen LogP contribution in [0.2, 0.25) is 0 Å². The second-order valence-electron chi connectivity index (χ2n) is 9.35. The summed E-state index contributed by atoms with van der Waals surface area (Å²) in [5.74, 6) is 0. The van der Waals surface area contributed by atoms with E-state index < -0.39 is 0 Å². The van der Waals surface area contributed by atoms with Crippen LogP contribution in [0.3, 0.4) is 0 Å². The molecule has 0 saturated heterocycles. The fraction of sp³-hybridized carbons (Fsp3) is 0.179. The molecule has 0 N–H and O–H groups in total. The smallest absolute Gasteiger partial charge is 0.0531 e. The van der Waals surface area contributed by atoms with Crippen LogP contribution in [0.4, 0.5) is 0 Å². The maximum absolute atomic E-state index is 4.83. The Bertz CT molecular complexity index is 1580. The van der Waals surface area contributed by atoms with Crippen molar-refractivity contribution in [2.45, 2.75) is 33.1 Å². The summed E-state index contributed by atoms with van der Waals surface area (Å²) >= 11 is 0. The van der Waals surface area contributed by atoms with Gasteiger partial charge >= 0.3 is 0 Å². The zero-order chi connectivity index (χ0) is 20.6. The third-order valence-corrected chi connectivity index (χ3v) is 6.30. The van der Waals surface area contributed by atoms with Crippen molar-refractivity contribution in [3.05, 3.63) is 84.1 Å². The topological polar surface area (TPSA) is 17.8 Å². The molecule has 0 saturated carbocycles. The summed E-state index contributed by atoms with van der Waals surface area (Å²) in [6, 6.07) is 25.6. The Hall–Kier alpha value is -2.74. The number of rotatable bonds is 1. The molecule has 0 amide bonds. The van der Waals surface area contributed by atoms with Gasteiger partial charge in [-0.05, 0) is 58.5 Å². The SMILES string of the molecule is Cc1cccc(-n2c3cccc4c5cc(C(C)(C)C)c[c-]c5c5nccc2c5c43)c1.[Ir]. The summed E-state index contributed by atoms with van der Waals surface area (Å²) in [7, 11) is 0. The number of aryl methyl sites for hydroxylation is 1. The van der Waals surface area contributed by atoms with Gasteiger partial charge in [-0.25, -0.2) is 0 Å². The van der Waals surface area contributed by atoms with Gasteiger partial charge in [0.25, 0.3) is 0 Å². The quantitative estimate of drug-likeness (QED) is 0.147. The van der Waals surface area contributed by atoms with Crippen molar-refractivity contribution in [3.63, 3.8) is 0 Å². The van der Waals surface area contributed by atoms with Crippen LogP contribution < -0.4 is 0 Å². The molecule has 0 fully saturated rings. The van der Waals surface area contributed by atoms with E-state index >= 15 is 0 Å². The molecule has 0 unspecified atom stereocenters. The molecule has 0 spiro atoms. The average Bonchev–Trinajstić information content (AvgIpc) is 3.07. The summed E-state index contributed by atoms with van der Waals surface area (Å²) in [6.07, 6.45) is 1.93. The standard InChI is InChI=1S/C28H23N2.Ir/c1-17-7-5-8-19(15-17)30-23-10-6-9-20-22-16-18(28(2,3)4)11-12-21(22)27-26(25(20)23)24(30)13-14-29-27;/h5-11,13-16H,1-4H3;/q-1;. The maximum Gasteiger partial charge on any atom is 0.0531 e. The minimum atomic E-state index is 0. The maximum atomic E-state index is 4.83. The first kappa shape index (κ1) is 20.2. The van der Waals surface area contributed by atoms with E-state index in [4.69, 9.17) is 4.98 Å². The minimum absolute atomic E-state index is 0. The van der Waals surface area contributed by atoms with Crippen molar-refractivity contribution < 1.29 is 20.1 Å². The first-order chi connectivity index (χ1) is 14.4.